The average Bonchev–Trinajstić information content (AvgIpc) is 2.36. The number of carbonyl (C=O) groups excluding carboxylic acids is 1. The Morgan fingerprint density at radius 1 is 1.37 bits per heavy atom. The molecule has 0 radical (unpaired) electrons. The van der Waals surface area contributed by atoms with Crippen molar-refractivity contribution >= 4 is 17.7 Å². The first-order chi connectivity index (χ1) is 9.02. The van der Waals surface area contributed by atoms with E-state index in [-0.39, 0.29) is 24.9 Å². The van der Waals surface area contributed by atoms with Crippen molar-refractivity contribution < 1.29 is 14.7 Å². The Morgan fingerprint density at radius 3 is 2.53 bits per heavy atom. The molecule has 0 aliphatic heterocycles. The highest BCUT2D eigenvalue weighted by Gasteiger charge is 2.10. The number of amides is 2. The first kappa shape index (κ1) is 14.6. The molecule has 0 heterocycles. The fraction of sp³-hybridized carbons (Fsp3) is 0.286. The van der Waals surface area contributed by atoms with Crippen molar-refractivity contribution in [3.05, 3.63) is 29.8 Å². The Balaban J connectivity index is 2.59. The number of urea groups is 1. The maximum absolute atomic E-state index is 11.3. The van der Waals surface area contributed by atoms with Crippen LogP contribution >= 0.6 is 0 Å². The normalized spacial score (nSPS) is 11.2. The van der Waals surface area contributed by atoms with E-state index in [0.29, 0.717) is 5.69 Å². The number of benzene rings is 1. The van der Waals surface area contributed by atoms with E-state index in [4.69, 9.17) is 11.5 Å². The highest BCUT2D eigenvalue weighted by Crippen LogP contribution is 2.20. The summed E-state index contributed by atoms with van der Waals surface area (Å²) in [6.07, 6.45) is 5.10. The van der Waals surface area contributed by atoms with Gasteiger partial charge >= 0.3 is 12.0 Å². The number of aliphatic carboxylic acids is 1. The third-order valence-electron chi connectivity index (χ3n) is 2.57. The van der Waals surface area contributed by atoms with E-state index in [9.17, 15) is 9.59 Å². The third-order valence-corrected chi connectivity index (χ3v) is 2.57. The van der Waals surface area contributed by atoms with E-state index in [0.717, 1.165) is 5.56 Å². The third kappa shape index (κ3) is 5.13. The molecule has 0 aliphatic rings. The number of rotatable bonds is 5. The lowest BCUT2D eigenvalue weighted by atomic mass is 9.98. The number of terminal acetylenes is 1. The standard InChI is InChI=1S/C14H16N2O3/c1-3-8-15-14(19)16-12-6-4-11(5-7-12)10(2)9-13(17)18/h1,4-7,10H,8-9H2,2H3,(H,17,18)(H2,15,16,19). The second kappa shape index (κ2) is 7.07. The Morgan fingerprint density at radius 2 is 2.00 bits per heavy atom. The first-order valence-electron chi connectivity index (χ1n) is 5.83. The van der Waals surface area contributed by atoms with Gasteiger partial charge in [0.05, 0.1) is 13.0 Å². The topological polar surface area (TPSA) is 78.4 Å². The summed E-state index contributed by atoms with van der Waals surface area (Å²) in [6, 6.07) is 6.67. The summed E-state index contributed by atoms with van der Waals surface area (Å²) >= 11 is 0. The van der Waals surface area contributed by atoms with Crippen LogP contribution in [-0.2, 0) is 4.79 Å². The van der Waals surface area contributed by atoms with Gasteiger partial charge in [0.2, 0.25) is 0 Å². The maximum Gasteiger partial charge on any atom is 0.319 e. The minimum absolute atomic E-state index is 0.0678. The average molecular weight is 260 g/mol. The molecule has 1 aromatic carbocycles. The Kier molecular flexibility index (Phi) is 5.42. The van der Waals surface area contributed by atoms with Crippen molar-refractivity contribution in [1.82, 2.24) is 5.32 Å². The van der Waals surface area contributed by atoms with Gasteiger partial charge < -0.3 is 15.7 Å². The first-order valence-corrected chi connectivity index (χ1v) is 5.83. The van der Waals surface area contributed by atoms with Crippen LogP contribution in [0.25, 0.3) is 0 Å². The monoisotopic (exact) mass is 260 g/mol. The maximum atomic E-state index is 11.3. The van der Waals surface area contributed by atoms with Crippen molar-refractivity contribution in [2.45, 2.75) is 19.3 Å². The number of carboxylic acid groups (broad SMARTS) is 1. The largest absolute Gasteiger partial charge is 0.481 e. The van der Waals surface area contributed by atoms with Crippen LogP contribution in [0.3, 0.4) is 0 Å². The molecule has 0 bridgehead atoms. The van der Waals surface area contributed by atoms with Crippen LogP contribution in [0, 0.1) is 12.3 Å². The zero-order chi connectivity index (χ0) is 14.3. The molecule has 100 valence electrons. The highest BCUT2D eigenvalue weighted by atomic mass is 16.4. The van der Waals surface area contributed by atoms with Crippen molar-refractivity contribution in [2.24, 2.45) is 0 Å². The highest BCUT2D eigenvalue weighted by molar-refractivity contribution is 5.89. The van der Waals surface area contributed by atoms with Gasteiger partial charge in [-0.25, -0.2) is 4.79 Å². The Bertz CT molecular complexity index is 488. The lowest BCUT2D eigenvalue weighted by molar-refractivity contribution is -0.137. The summed E-state index contributed by atoms with van der Waals surface area (Å²) in [6.45, 7) is 2.01. The number of hydrogen-bond acceptors (Lipinski definition) is 2. The molecule has 0 aromatic heterocycles. The van der Waals surface area contributed by atoms with E-state index in [1.54, 1.807) is 24.3 Å². The molecule has 0 saturated heterocycles. The van der Waals surface area contributed by atoms with Gasteiger partial charge in [-0.05, 0) is 23.6 Å². The van der Waals surface area contributed by atoms with Gasteiger partial charge in [-0.1, -0.05) is 25.0 Å². The van der Waals surface area contributed by atoms with E-state index in [1.165, 1.54) is 0 Å². The molecule has 3 N–H and O–H groups in total. The molecule has 1 unspecified atom stereocenters. The zero-order valence-electron chi connectivity index (χ0n) is 10.6. The van der Waals surface area contributed by atoms with Crippen LogP contribution in [0.15, 0.2) is 24.3 Å². The molecule has 5 heteroatoms. The summed E-state index contributed by atoms with van der Waals surface area (Å²) < 4.78 is 0. The van der Waals surface area contributed by atoms with Gasteiger partial charge in [-0.15, -0.1) is 6.42 Å². The molecule has 1 rings (SSSR count). The molecule has 19 heavy (non-hydrogen) atoms. The van der Waals surface area contributed by atoms with Gasteiger partial charge in [-0.3, -0.25) is 4.79 Å². The second-order valence-corrected chi connectivity index (χ2v) is 4.13. The van der Waals surface area contributed by atoms with Gasteiger partial charge in [0.25, 0.3) is 0 Å². The predicted molar refractivity (Wildman–Crippen MR) is 73.0 cm³/mol. The quantitative estimate of drug-likeness (QED) is 0.709. The van der Waals surface area contributed by atoms with E-state index >= 15 is 0 Å². The number of carboxylic acids is 1. The Hall–Kier alpha value is -2.48. The molecule has 0 spiro atoms. The zero-order valence-corrected chi connectivity index (χ0v) is 10.6. The summed E-state index contributed by atoms with van der Waals surface area (Å²) in [5, 5.41) is 13.8. The molecule has 0 aliphatic carbocycles. The van der Waals surface area contributed by atoms with Crippen LogP contribution in [0.1, 0.15) is 24.8 Å². The lowest BCUT2D eigenvalue weighted by Crippen LogP contribution is -2.28. The van der Waals surface area contributed by atoms with Crippen molar-refractivity contribution in [3.8, 4) is 12.3 Å². The second-order valence-electron chi connectivity index (χ2n) is 4.13. The summed E-state index contributed by atoms with van der Waals surface area (Å²) in [4.78, 5) is 22.0. The van der Waals surface area contributed by atoms with Crippen LogP contribution in [0.2, 0.25) is 0 Å². The number of hydrogen-bond donors (Lipinski definition) is 3. The lowest BCUT2D eigenvalue weighted by Gasteiger charge is -2.10. The van der Waals surface area contributed by atoms with Gasteiger partial charge in [-0.2, -0.15) is 0 Å². The summed E-state index contributed by atoms with van der Waals surface area (Å²) in [5.74, 6) is 1.40. The molecule has 0 saturated carbocycles. The predicted octanol–water partition coefficient (Wildman–Crippen LogP) is 2.02. The minimum atomic E-state index is -0.830. The fourth-order valence-electron chi connectivity index (χ4n) is 1.58. The SMILES string of the molecule is C#CCNC(=O)Nc1ccc(C(C)CC(=O)O)cc1. The van der Waals surface area contributed by atoms with Crippen LogP contribution in [-0.4, -0.2) is 23.7 Å². The van der Waals surface area contributed by atoms with E-state index < -0.39 is 5.97 Å². The van der Waals surface area contributed by atoms with E-state index in [1.807, 2.05) is 6.92 Å². The van der Waals surface area contributed by atoms with Crippen LogP contribution in [0.4, 0.5) is 10.5 Å². The van der Waals surface area contributed by atoms with Crippen LogP contribution in [0.5, 0.6) is 0 Å². The van der Waals surface area contributed by atoms with E-state index in [2.05, 4.69) is 16.6 Å². The molecule has 5 nitrogen and oxygen atoms in total. The molecule has 2 amide bonds. The van der Waals surface area contributed by atoms with Gasteiger partial charge in [0.15, 0.2) is 0 Å². The minimum Gasteiger partial charge on any atom is -0.481 e. The van der Waals surface area contributed by atoms with Crippen molar-refractivity contribution in [2.75, 3.05) is 11.9 Å². The smallest absolute Gasteiger partial charge is 0.319 e. The van der Waals surface area contributed by atoms with Crippen molar-refractivity contribution in [1.29, 1.82) is 0 Å². The summed E-state index contributed by atoms with van der Waals surface area (Å²) in [7, 11) is 0. The Labute approximate surface area is 112 Å². The van der Waals surface area contributed by atoms with Gasteiger partial charge in [0.1, 0.15) is 0 Å². The molecule has 1 aromatic rings. The molecule has 0 fully saturated rings. The number of anilines is 1. The summed E-state index contributed by atoms with van der Waals surface area (Å²) in [5.41, 5.74) is 1.54. The number of carbonyl (C=O) groups is 2. The van der Waals surface area contributed by atoms with Crippen molar-refractivity contribution in [3.63, 3.8) is 0 Å². The molecular formula is C14H16N2O3. The fourth-order valence-corrected chi connectivity index (χ4v) is 1.58. The van der Waals surface area contributed by atoms with Gasteiger partial charge in [0, 0.05) is 5.69 Å². The molecule has 1 atom stereocenters. The number of nitrogens with one attached hydrogen (secondary N) is 2. The van der Waals surface area contributed by atoms with Crippen LogP contribution < -0.4 is 10.6 Å². The molecular weight excluding hydrogens is 244 g/mol.